The molecule has 0 N–H and O–H groups in total. The molecule has 2 aromatic carbocycles. The molecule has 0 amide bonds. The summed E-state index contributed by atoms with van der Waals surface area (Å²) in [6, 6.07) is 18.3. The number of hydrogen-bond donors (Lipinski definition) is 0. The van der Waals surface area contributed by atoms with Crippen LogP contribution in [0, 0.1) is 0 Å². The molecule has 126 valence electrons. The third-order valence-electron chi connectivity index (χ3n) is 4.40. The van der Waals surface area contributed by atoms with Gasteiger partial charge in [-0.2, -0.15) is 0 Å². The Morgan fingerprint density at radius 1 is 1.04 bits per heavy atom. The van der Waals surface area contributed by atoms with Crippen molar-refractivity contribution in [2.45, 2.75) is 31.8 Å². The first-order valence-electron chi connectivity index (χ1n) is 8.48. The van der Waals surface area contributed by atoms with Gasteiger partial charge in [0.05, 0.1) is 0 Å². The molecule has 1 heterocycles. The smallest absolute Gasteiger partial charge is 0.259 e. The van der Waals surface area contributed by atoms with Crippen LogP contribution < -0.4 is 0 Å². The maximum atomic E-state index is 6.41. The number of benzene rings is 2. The van der Waals surface area contributed by atoms with Crippen molar-refractivity contribution >= 4 is 29.0 Å². The normalized spacial score (nSPS) is 15.3. The maximum Gasteiger partial charge on any atom is 0.259 e. The van der Waals surface area contributed by atoms with Crippen LogP contribution in [0.1, 0.15) is 36.5 Å². The summed E-state index contributed by atoms with van der Waals surface area (Å²) in [5.41, 5.74) is 2.31. The van der Waals surface area contributed by atoms with Crippen LogP contribution >= 0.6 is 23.8 Å². The van der Waals surface area contributed by atoms with Gasteiger partial charge in [-0.05, 0) is 49.5 Å². The molecular weight excluding hydrogens is 338 g/mol. The maximum absolute atomic E-state index is 6.41. The third kappa shape index (κ3) is 4.49. The molecule has 0 aliphatic carbocycles. The van der Waals surface area contributed by atoms with E-state index in [1.54, 1.807) is 0 Å². The molecule has 1 aliphatic heterocycles. The van der Waals surface area contributed by atoms with Gasteiger partial charge in [-0.15, -0.1) is 0 Å². The van der Waals surface area contributed by atoms with Gasteiger partial charge in [0.2, 0.25) is 0 Å². The fourth-order valence-corrected chi connectivity index (χ4v) is 3.61. The topological polar surface area (TPSA) is 12.5 Å². The van der Waals surface area contributed by atoms with Gasteiger partial charge in [-0.1, -0.05) is 60.1 Å². The summed E-state index contributed by atoms with van der Waals surface area (Å²) in [7, 11) is 0. The number of rotatable bonds is 5. The van der Waals surface area contributed by atoms with E-state index in [9.17, 15) is 0 Å². The van der Waals surface area contributed by atoms with Crippen LogP contribution in [0.2, 0.25) is 5.02 Å². The molecule has 0 bridgehead atoms. The summed E-state index contributed by atoms with van der Waals surface area (Å²) in [5, 5.41) is 1.34. The zero-order valence-corrected chi connectivity index (χ0v) is 15.2. The van der Waals surface area contributed by atoms with Crippen molar-refractivity contribution < 1.29 is 4.74 Å². The highest BCUT2D eigenvalue weighted by atomic mass is 35.5. The second-order valence-corrected chi connectivity index (χ2v) is 6.87. The largest absolute Gasteiger partial charge is 0.463 e. The Morgan fingerprint density at radius 3 is 2.42 bits per heavy atom. The number of halogens is 1. The fraction of sp³-hybridized carbons (Fsp3) is 0.350. The molecule has 1 saturated heterocycles. The van der Waals surface area contributed by atoms with Gasteiger partial charge in [0.1, 0.15) is 6.10 Å². The molecule has 1 fully saturated rings. The second-order valence-electron chi connectivity index (χ2n) is 6.11. The molecule has 1 atom stereocenters. The van der Waals surface area contributed by atoms with Gasteiger partial charge in [0.15, 0.2) is 0 Å². The van der Waals surface area contributed by atoms with Crippen molar-refractivity contribution in [3.05, 3.63) is 70.7 Å². The molecule has 2 aromatic rings. The standard InChI is InChI=1S/C20H22ClNOS/c21-18-11-5-4-10-17(18)19(13-12-16-8-2-1-3-9-16)23-20(24)22-14-6-7-15-22/h1-5,8-11,19H,6-7,12-15H2. The summed E-state index contributed by atoms with van der Waals surface area (Å²) in [5.74, 6) is 0. The lowest BCUT2D eigenvalue weighted by atomic mass is 10.0. The summed E-state index contributed by atoms with van der Waals surface area (Å²) in [6.07, 6.45) is 4.03. The van der Waals surface area contributed by atoms with E-state index in [1.165, 1.54) is 18.4 Å². The lowest BCUT2D eigenvalue weighted by Crippen LogP contribution is -2.29. The van der Waals surface area contributed by atoms with E-state index in [0.29, 0.717) is 5.17 Å². The van der Waals surface area contributed by atoms with Crippen LogP contribution in [-0.2, 0) is 11.2 Å². The number of ether oxygens (including phenoxy) is 1. The average molecular weight is 360 g/mol. The van der Waals surface area contributed by atoms with E-state index in [4.69, 9.17) is 28.6 Å². The summed E-state index contributed by atoms with van der Waals surface area (Å²) < 4.78 is 6.20. The van der Waals surface area contributed by atoms with E-state index < -0.39 is 0 Å². The van der Waals surface area contributed by atoms with Crippen molar-refractivity contribution in [1.82, 2.24) is 4.90 Å². The highest BCUT2D eigenvalue weighted by molar-refractivity contribution is 7.80. The van der Waals surface area contributed by atoms with Crippen LogP contribution in [0.4, 0.5) is 0 Å². The molecule has 0 saturated carbocycles. The third-order valence-corrected chi connectivity index (χ3v) is 5.10. The average Bonchev–Trinajstić information content (AvgIpc) is 3.15. The highest BCUT2D eigenvalue weighted by Crippen LogP contribution is 2.30. The van der Waals surface area contributed by atoms with Crippen molar-refractivity contribution in [1.29, 1.82) is 0 Å². The zero-order chi connectivity index (χ0) is 16.8. The minimum atomic E-state index is -0.119. The summed E-state index contributed by atoms with van der Waals surface area (Å²) in [4.78, 5) is 2.15. The lowest BCUT2D eigenvalue weighted by Gasteiger charge is -2.25. The molecule has 24 heavy (non-hydrogen) atoms. The highest BCUT2D eigenvalue weighted by Gasteiger charge is 2.22. The lowest BCUT2D eigenvalue weighted by molar-refractivity contribution is 0.156. The number of hydrogen-bond acceptors (Lipinski definition) is 2. The van der Waals surface area contributed by atoms with E-state index in [1.807, 2.05) is 30.3 Å². The van der Waals surface area contributed by atoms with Crippen LogP contribution in [0.3, 0.4) is 0 Å². The SMILES string of the molecule is S=C(OC(CCc1ccccc1)c1ccccc1Cl)N1CCCC1. The molecule has 0 spiro atoms. The minimum Gasteiger partial charge on any atom is -0.463 e. The Hall–Kier alpha value is -1.58. The Bertz CT molecular complexity index is 670. The van der Waals surface area contributed by atoms with Crippen molar-refractivity contribution in [3.63, 3.8) is 0 Å². The predicted molar refractivity (Wildman–Crippen MR) is 103 cm³/mol. The fourth-order valence-electron chi connectivity index (χ4n) is 3.05. The van der Waals surface area contributed by atoms with E-state index in [0.717, 1.165) is 36.5 Å². The van der Waals surface area contributed by atoms with Gasteiger partial charge < -0.3 is 9.64 Å². The summed E-state index contributed by atoms with van der Waals surface area (Å²) in [6.45, 7) is 1.99. The quantitative estimate of drug-likeness (QED) is 0.662. The van der Waals surface area contributed by atoms with Crippen molar-refractivity contribution in [3.8, 4) is 0 Å². The monoisotopic (exact) mass is 359 g/mol. The number of nitrogens with zero attached hydrogens (tertiary/aromatic N) is 1. The number of thiocarbonyl (C=S) groups is 1. The van der Waals surface area contributed by atoms with Gasteiger partial charge in [0, 0.05) is 23.7 Å². The molecule has 0 aromatic heterocycles. The first kappa shape index (κ1) is 17.2. The Kier molecular flexibility index (Phi) is 6.11. The van der Waals surface area contributed by atoms with Gasteiger partial charge >= 0.3 is 0 Å². The number of aryl methyl sites for hydroxylation is 1. The van der Waals surface area contributed by atoms with Crippen LogP contribution in [0.15, 0.2) is 54.6 Å². The predicted octanol–water partition coefficient (Wildman–Crippen LogP) is 5.41. The molecular formula is C20H22ClNOS. The first-order chi connectivity index (χ1) is 11.7. The van der Waals surface area contributed by atoms with E-state index >= 15 is 0 Å². The number of likely N-dealkylation sites (tertiary alicyclic amines) is 1. The van der Waals surface area contributed by atoms with Crippen molar-refractivity contribution in [2.75, 3.05) is 13.1 Å². The molecule has 2 nitrogen and oxygen atoms in total. The molecule has 1 aliphatic rings. The minimum absolute atomic E-state index is 0.119. The van der Waals surface area contributed by atoms with E-state index in [2.05, 4.69) is 29.2 Å². The Morgan fingerprint density at radius 2 is 1.71 bits per heavy atom. The second kappa shape index (κ2) is 8.50. The molecule has 4 heteroatoms. The Labute approximate surface area is 154 Å². The molecule has 1 unspecified atom stereocenters. The van der Waals surface area contributed by atoms with Crippen molar-refractivity contribution in [2.24, 2.45) is 0 Å². The van der Waals surface area contributed by atoms with Crippen LogP contribution in [0.5, 0.6) is 0 Å². The van der Waals surface area contributed by atoms with Crippen LogP contribution in [0.25, 0.3) is 0 Å². The van der Waals surface area contributed by atoms with Gasteiger partial charge in [-0.25, -0.2) is 0 Å². The van der Waals surface area contributed by atoms with Gasteiger partial charge in [0.25, 0.3) is 5.17 Å². The molecule has 3 rings (SSSR count). The van der Waals surface area contributed by atoms with Gasteiger partial charge in [-0.3, -0.25) is 0 Å². The first-order valence-corrected chi connectivity index (χ1v) is 9.26. The van der Waals surface area contributed by atoms with E-state index in [-0.39, 0.29) is 6.10 Å². The Balaban J connectivity index is 1.73. The van der Waals surface area contributed by atoms with Crippen LogP contribution in [-0.4, -0.2) is 23.2 Å². The summed E-state index contributed by atoms with van der Waals surface area (Å²) >= 11 is 11.9. The molecule has 0 radical (unpaired) electrons. The zero-order valence-electron chi connectivity index (χ0n) is 13.7.